The monoisotopic (exact) mass is 369 g/mol. The Labute approximate surface area is 153 Å². The lowest BCUT2D eigenvalue weighted by molar-refractivity contribution is -0.138. The predicted octanol–water partition coefficient (Wildman–Crippen LogP) is 0.629. The third kappa shape index (κ3) is 4.16. The van der Waals surface area contributed by atoms with Crippen molar-refractivity contribution < 1.29 is 19.1 Å². The molecule has 25 heavy (non-hydrogen) atoms. The Kier molecular flexibility index (Phi) is 6.50. The van der Waals surface area contributed by atoms with Crippen molar-refractivity contribution in [2.24, 2.45) is 5.92 Å². The van der Waals surface area contributed by atoms with Crippen molar-refractivity contribution in [1.29, 1.82) is 0 Å². The predicted molar refractivity (Wildman–Crippen MR) is 95.6 cm³/mol. The highest BCUT2D eigenvalue weighted by molar-refractivity contribution is 5.95. The molecule has 1 aromatic carbocycles. The van der Waals surface area contributed by atoms with Crippen LogP contribution in [0.4, 0.5) is 0 Å². The molecule has 1 N–H and O–H groups in total. The Morgan fingerprint density at radius 3 is 1.92 bits per heavy atom. The van der Waals surface area contributed by atoms with Crippen LogP contribution in [0.1, 0.15) is 10.4 Å². The van der Waals surface area contributed by atoms with Gasteiger partial charge in [-0.3, -0.25) is 9.59 Å². The first-order chi connectivity index (χ1) is 11.6. The van der Waals surface area contributed by atoms with Gasteiger partial charge in [0.15, 0.2) is 0 Å². The number of nitrogens with zero attached hydrogens (tertiary/aromatic N) is 2. The Morgan fingerprint density at radius 1 is 0.960 bits per heavy atom. The summed E-state index contributed by atoms with van der Waals surface area (Å²) in [5.41, 5.74) is 0.536. The van der Waals surface area contributed by atoms with Crippen molar-refractivity contribution in [3.05, 3.63) is 23.8 Å². The van der Waals surface area contributed by atoms with Crippen LogP contribution in [0.25, 0.3) is 0 Å². The molecule has 8 heteroatoms. The molecule has 2 fully saturated rings. The number of ether oxygens (including phenoxy) is 2. The fourth-order valence-corrected chi connectivity index (χ4v) is 2.96. The van der Waals surface area contributed by atoms with Crippen LogP contribution in [-0.2, 0) is 4.79 Å². The number of halogens is 1. The minimum atomic E-state index is -0.0652. The van der Waals surface area contributed by atoms with Gasteiger partial charge in [-0.15, -0.1) is 12.4 Å². The topological polar surface area (TPSA) is 71.1 Å². The van der Waals surface area contributed by atoms with E-state index in [1.165, 1.54) is 0 Å². The second-order valence-corrected chi connectivity index (χ2v) is 6.07. The first kappa shape index (κ1) is 19.3. The summed E-state index contributed by atoms with van der Waals surface area (Å²) in [4.78, 5) is 28.6. The summed E-state index contributed by atoms with van der Waals surface area (Å²) in [6, 6.07) is 5.16. The summed E-state index contributed by atoms with van der Waals surface area (Å²) in [7, 11) is 3.12. The minimum absolute atomic E-state index is 0. The van der Waals surface area contributed by atoms with Gasteiger partial charge in [0, 0.05) is 50.9 Å². The average Bonchev–Trinajstić information content (AvgIpc) is 2.59. The minimum Gasteiger partial charge on any atom is -0.497 e. The normalized spacial score (nSPS) is 17.4. The van der Waals surface area contributed by atoms with Gasteiger partial charge in [-0.1, -0.05) is 0 Å². The molecule has 2 aliphatic heterocycles. The third-order valence-corrected chi connectivity index (χ3v) is 4.61. The van der Waals surface area contributed by atoms with Crippen molar-refractivity contribution in [2.75, 3.05) is 53.5 Å². The lowest BCUT2D eigenvalue weighted by atomic mass is 10.0. The molecule has 2 amide bonds. The van der Waals surface area contributed by atoms with Gasteiger partial charge in [0.25, 0.3) is 5.91 Å². The lowest BCUT2D eigenvalue weighted by Gasteiger charge is -2.38. The van der Waals surface area contributed by atoms with Crippen LogP contribution >= 0.6 is 12.4 Å². The molecule has 0 spiro atoms. The number of amides is 2. The van der Waals surface area contributed by atoms with E-state index in [0.717, 1.165) is 13.1 Å². The molecule has 2 heterocycles. The molecule has 0 saturated carbocycles. The van der Waals surface area contributed by atoms with Gasteiger partial charge in [-0.25, -0.2) is 0 Å². The Hall–Kier alpha value is -1.99. The SMILES string of the molecule is COc1cc(OC)cc(C(=O)N2CCN(C(=O)C3CNC3)CC2)c1.Cl. The van der Waals surface area contributed by atoms with Gasteiger partial charge >= 0.3 is 0 Å². The summed E-state index contributed by atoms with van der Waals surface area (Å²) < 4.78 is 10.4. The summed E-state index contributed by atoms with van der Waals surface area (Å²) in [6.45, 7) is 3.79. The molecule has 0 aliphatic carbocycles. The average molecular weight is 370 g/mol. The fourth-order valence-electron chi connectivity index (χ4n) is 2.96. The molecule has 1 aromatic rings. The molecular weight excluding hydrogens is 346 g/mol. The van der Waals surface area contributed by atoms with Gasteiger partial charge in [-0.2, -0.15) is 0 Å². The van der Waals surface area contributed by atoms with Crippen LogP contribution in [0.15, 0.2) is 18.2 Å². The van der Waals surface area contributed by atoms with Crippen LogP contribution < -0.4 is 14.8 Å². The summed E-state index contributed by atoms with van der Waals surface area (Å²) >= 11 is 0. The Balaban J connectivity index is 0.00000225. The maximum absolute atomic E-state index is 12.7. The quantitative estimate of drug-likeness (QED) is 0.843. The van der Waals surface area contributed by atoms with Crippen LogP contribution in [0.5, 0.6) is 11.5 Å². The molecule has 2 saturated heterocycles. The summed E-state index contributed by atoms with van der Waals surface area (Å²) in [6.07, 6.45) is 0. The fraction of sp³-hybridized carbons (Fsp3) is 0.529. The van der Waals surface area contributed by atoms with E-state index in [1.807, 2.05) is 4.90 Å². The Morgan fingerprint density at radius 2 is 1.48 bits per heavy atom. The van der Waals surface area contributed by atoms with E-state index >= 15 is 0 Å². The lowest BCUT2D eigenvalue weighted by Crippen LogP contribution is -2.57. The number of benzene rings is 1. The maximum atomic E-state index is 12.7. The largest absolute Gasteiger partial charge is 0.497 e. The molecule has 2 aliphatic rings. The van der Waals surface area contributed by atoms with E-state index in [9.17, 15) is 9.59 Å². The highest BCUT2D eigenvalue weighted by Gasteiger charge is 2.32. The molecule has 0 radical (unpaired) electrons. The van der Waals surface area contributed by atoms with E-state index in [1.54, 1.807) is 37.3 Å². The van der Waals surface area contributed by atoms with Crippen LogP contribution in [0.3, 0.4) is 0 Å². The van der Waals surface area contributed by atoms with E-state index < -0.39 is 0 Å². The smallest absolute Gasteiger partial charge is 0.254 e. The van der Waals surface area contributed by atoms with Crippen LogP contribution in [0.2, 0.25) is 0 Å². The molecule has 3 rings (SSSR count). The zero-order chi connectivity index (χ0) is 17.1. The zero-order valence-electron chi connectivity index (χ0n) is 14.5. The van der Waals surface area contributed by atoms with Gasteiger partial charge in [0.1, 0.15) is 11.5 Å². The van der Waals surface area contributed by atoms with Crippen molar-refractivity contribution in [3.63, 3.8) is 0 Å². The standard InChI is InChI=1S/C17H23N3O4.ClH/c1-23-14-7-12(8-15(9-14)24-2)16(21)19-3-5-20(6-4-19)17(22)13-10-18-11-13;/h7-9,13,18H,3-6,10-11H2,1-2H3;1H. The number of hydrogen-bond acceptors (Lipinski definition) is 5. The molecule has 0 aromatic heterocycles. The second kappa shape index (κ2) is 8.40. The van der Waals surface area contributed by atoms with E-state index in [-0.39, 0.29) is 30.1 Å². The van der Waals surface area contributed by atoms with E-state index in [4.69, 9.17) is 9.47 Å². The molecule has 7 nitrogen and oxygen atoms in total. The molecule has 138 valence electrons. The van der Waals surface area contributed by atoms with Gasteiger partial charge in [0.2, 0.25) is 5.91 Å². The van der Waals surface area contributed by atoms with Gasteiger partial charge in [0.05, 0.1) is 20.1 Å². The van der Waals surface area contributed by atoms with Crippen molar-refractivity contribution in [2.45, 2.75) is 0 Å². The van der Waals surface area contributed by atoms with Crippen molar-refractivity contribution in [3.8, 4) is 11.5 Å². The van der Waals surface area contributed by atoms with Crippen molar-refractivity contribution >= 4 is 24.2 Å². The summed E-state index contributed by atoms with van der Waals surface area (Å²) in [5.74, 6) is 1.41. The number of carbonyl (C=O) groups is 2. The highest BCUT2D eigenvalue weighted by Crippen LogP contribution is 2.24. The zero-order valence-corrected chi connectivity index (χ0v) is 15.3. The Bertz CT molecular complexity index is 606. The first-order valence-electron chi connectivity index (χ1n) is 8.14. The second-order valence-electron chi connectivity index (χ2n) is 6.07. The molecule has 0 atom stereocenters. The third-order valence-electron chi connectivity index (χ3n) is 4.61. The molecule has 0 bridgehead atoms. The maximum Gasteiger partial charge on any atom is 0.254 e. The highest BCUT2D eigenvalue weighted by atomic mass is 35.5. The number of methoxy groups -OCH3 is 2. The summed E-state index contributed by atoms with van der Waals surface area (Å²) in [5, 5.41) is 3.12. The van der Waals surface area contributed by atoms with E-state index in [0.29, 0.717) is 43.2 Å². The van der Waals surface area contributed by atoms with E-state index in [2.05, 4.69) is 5.32 Å². The first-order valence-corrected chi connectivity index (χ1v) is 8.14. The number of nitrogens with one attached hydrogen (secondary N) is 1. The van der Waals surface area contributed by atoms with Gasteiger partial charge < -0.3 is 24.6 Å². The number of piperazine rings is 1. The van der Waals surface area contributed by atoms with Crippen molar-refractivity contribution in [1.82, 2.24) is 15.1 Å². The van der Waals surface area contributed by atoms with Gasteiger partial charge in [-0.05, 0) is 12.1 Å². The number of hydrogen-bond donors (Lipinski definition) is 1. The van der Waals surface area contributed by atoms with Crippen LogP contribution in [0, 0.1) is 5.92 Å². The number of carbonyl (C=O) groups excluding carboxylic acids is 2. The molecular formula is C17H24ClN3O4. The van der Waals surface area contributed by atoms with Crippen LogP contribution in [-0.4, -0.2) is 75.1 Å². The molecule has 0 unspecified atom stereocenters. The number of rotatable bonds is 4.